The van der Waals surface area contributed by atoms with Gasteiger partial charge in [-0.1, -0.05) is 36.4 Å². The number of nitrogens with zero attached hydrogens (tertiary/aromatic N) is 2. The molecule has 3 aromatic rings. The number of rotatable bonds is 6. The SMILES string of the molecule is NC[C@H](CC1CC=Cc2ccccc21)NC(=O)C=Cc1[nH]nc2ncccc12. The lowest BCUT2D eigenvalue weighted by atomic mass is 9.83. The number of hydrogen-bond donors (Lipinski definition) is 3. The maximum Gasteiger partial charge on any atom is 0.244 e. The molecule has 0 fully saturated rings. The van der Waals surface area contributed by atoms with Crippen molar-refractivity contribution in [1.29, 1.82) is 0 Å². The van der Waals surface area contributed by atoms with Crippen molar-refractivity contribution in [3.05, 3.63) is 71.6 Å². The van der Waals surface area contributed by atoms with Gasteiger partial charge in [0.15, 0.2) is 5.65 Å². The lowest BCUT2D eigenvalue weighted by Gasteiger charge is -2.26. The third-order valence-electron chi connectivity index (χ3n) is 5.11. The van der Waals surface area contributed by atoms with E-state index in [1.54, 1.807) is 12.3 Å². The second-order valence-corrected chi connectivity index (χ2v) is 6.99. The van der Waals surface area contributed by atoms with E-state index in [-0.39, 0.29) is 11.9 Å². The minimum absolute atomic E-state index is 0.0816. The van der Waals surface area contributed by atoms with Gasteiger partial charge >= 0.3 is 0 Å². The quantitative estimate of drug-likeness (QED) is 0.579. The molecule has 4 rings (SSSR count). The fourth-order valence-corrected chi connectivity index (χ4v) is 3.71. The Morgan fingerprint density at radius 1 is 1.32 bits per heavy atom. The van der Waals surface area contributed by atoms with E-state index >= 15 is 0 Å². The molecule has 4 N–H and O–H groups in total. The van der Waals surface area contributed by atoms with Gasteiger partial charge in [-0.2, -0.15) is 5.10 Å². The van der Waals surface area contributed by atoms with Crippen molar-refractivity contribution in [3.63, 3.8) is 0 Å². The molecule has 0 saturated carbocycles. The number of nitrogens with two attached hydrogens (primary N) is 1. The molecule has 0 saturated heterocycles. The number of nitrogens with one attached hydrogen (secondary N) is 2. The Morgan fingerprint density at radius 2 is 2.21 bits per heavy atom. The predicted molar refractivity (Wildman–Crippen MR) is 111 cm³/mol. The van der Waals surface area contributed by atoms with Crippen LogP contribution in [0.15, 0.2) is 54.7 Å². The van der Waals surface area contributed by atoms with E-state index in [4.69, 9.17) is 5.73 Å². The number of aromatic nitrogens is 3. The topological polar surface area (TPSA) is 96.7 Å². The first-order valence-electron chi connectivity index (χ1n) is 9.48. The van der Waals surface area contributed by atoms with E-state index in [0.29, 0.717) is 18.1 Å². The highest BCUT2D eigenvalue weighted by Gasteiger charge is 2.21. The van der Waals surface area contributed by atoms with Gasteiger partial charge in [0.05, 0.1) is 5.69 Å². The number of benzene rings is 1. The monoisotopic (exact) mass is 373 g/mol. The van der Waals surface area contributed by atoms with Crippen LogP contribution in [0, 0.1) is 0 Å². The normalized spacial score (nSPS) is 17.0. The number of amides is 1. The van der Waals surface area contributed by atoms with Gasteiger partial charge in [0.1, 0.15) is 0 Å². The molecule has 0 spiro atoms. The predicted octanol–water partition coefficient (Wildman–Crippen LogP) is 3.01. The van der Waals surface area contributed by atoms with Crippen LogP contribution in [-0.4, -0.2) is 33.7 Å². The Labute approximate surface area is 163 Å². The summed E-state index contributed by atoms with van der Waals surface area (Å²) in [5.41, 5.74) is 9.91. The number of hydrogen-bond acceptors (Lipinski definition) is 4. The summed E-state index contributed by atoms with van der Waals surface area (Å²) in [5.74, 6) is 0.198. The first kappa shape index (κ1) is 18.1. The highest BCUT2D eigenvalue weighted by Crippen LogP contribution is 2.32. The van der Waals surface area contributed by atoms with E-state index < -0.39 is 0 Å². The van der Waals surface area contributed by atoms with E-state index in [2.05, 4.69) is 50.8 Å². The second kappa shape index (κ2) is 8.19. The van der Waals surface area contributed by atoms with Gasteiger partial charge in [-0.05, 0) is 48.1 Å². The number of aromatic amines is 1. The zero-order valence-electron chi connectivity index (χ0n) is 15.5. The number of carbonyl (C=O) groups is 1. The van der Waals surface area contributed by atoms with Crippen molar-refractivity contribution in [1.82, 2.24) is 20.5 Å². The average molecular weight is 373 g/mol. The van der Waals surface area contributed by atoms with Crippen molar-refractivity contribution in [2.45, 2.75) is 24.8 Å². The zero-order chi connectivity index (χ0) is 19.3. The molecule has 0 radical (unpaired) electrons. The summed E-state index contributed by atoms with van der Waals surface area (Å²) in [6.45, 7) is 0.402. The van der Waals surface area contributed by atoms with Crippen LogP contribution in [0.4, 0.5) is 0 Å². The van der Waals surface area contributed by atoms with Crippen LogP contribution in [-0.2, 0) is 4.79 Å². The number of allylic oxidation sites excluding steroid dienone is 1. The van der Waals surface area contributed by atoms with Crippen molar-refractivity contribution < 1.29 is 4.79 Å². The van der Waals surface area contributed by atoms with Gasteiger partial charge in [-0.25, -0.2) is 4.98 Å². The van der Waals surface area contributed by atoms with E-state index in [1.165, 1.54) is 17.2 Å². The minimum Gasteiger partial charge on any atom is -0.349 e. The second-order valence-electron chi connectivity index (χ2n) is 6.99. The molecule has 1 aliphatic rings. The Kier molecular flexibility index (Phi) is 5.30. The minimum atomic E-state index is -0.165. The molecular weight excluding hydrogens is 350 g/mol. The van der Waals surface area contributed by atoms with Crippen LogP contribution in [0.5, 0.6) is 0 Å². The Hall–Kier alpha value is -3.25. The first-order chi connectivity index (χ1) is 13.7. The van der Waals surface area contributed by atoms with Gasteiger partial charge in [-0.15, -0.1) is 0 Å². The van der Waals surface area contributed by atoms with E-state index in [1.807, 2.05) is 18.2 Å². The highest BCUT2D eigenvalue weighted by molar-refractivity contribution is 5.94. The number of fused-ring (bicyclic) bond motifs is 2. The van der Waals surface area contributed by atoms with Gasteiger partial charge in [0, 0.05) is 30.2 Å². The summed E-state index contributed by atoms with van der Waals surface area (Å²) in [6, 6.07) is 12.1. The molecule has 1 aromatic carbocycles. The molecule has 142 valence electrons. The van der Waals surface area contributed by atoms with Gasteiger partial charge < -0.3 is 11.1 Å². The fraction of sp³-hybridized carbons (Fsp3) is 0.227. The van der Waals surface area contributed by atoms with Crippen LogP contribution in [0.2, 0.25) is 0 Å². The summed E-state index contributed by atoms with van der Waals surface area (Å²) in [4.78, 5) is 16.6. The van der Waals surface area contributed by atoms with Crippen LogP contribution in [0.3, 0.4) is 0 Å². The third kappa shape index (κ3) is 3.87. The summed E-state index contributed by atoms with van der Waals surface area (Å²) in [7, 11) is 0. The van der Waals surface area contributed by atoms with Gasteiger partial charge in [0.25, 0.3) is 0 Å². The largest absolute Gasteiger partial charge is 0.349 e. The van der Waals surface area contributed by atoms with Crippen molar-refractivity contribution in [3.8, 4) is 0 Å². The molecule has 2 heterocycles. The lowest BCUT2D eigenvalue weighted by Crippen LogP contribution is -2.40. The van der Waals surface area contributed by atoms with Crippen molar-refractivity contribution >= 4 is 29.1 Å². The Bertz CT molecular complexity index is 1040. The van der Waals surface area contributed by atoms with Gasteiger partial charge in [0.2, 0.25) is 5.91 Å². The molecule has 2 aromatic heterocycles. The summed E-state index contributed by atoms with van der Waals surface area (Å²) >= 11 is 0. The molecule has 0 bridgehead atoms. The standard InChI is InChI=1S/C22H23N5O/c23-14-17(13-16-7-3-6-15-5-1-2-8-18(15)16)25-21(28)11-10-20-19-9-4-12-24-22(19)27-26-20/h1-6,8-12,16-17H,7,13-14,23H2,(H,25,28)(H,24,26,27)/t16?,17-/m0/s1. The molecule has 1 unspecified atom stereocenters. The molecule has 6 nitrogen and oxygen atoms in total. The number of carbonyl (C=O) groups excluding carboxylic acids is 1. The maximum atomic E-state index is 12.4. The van der Waals surface area contributed by atoms with Crippen LogP contribution in [0.1, 0.15) is 35.6 Å². The van der Waals surface area contributed by atoms with Crippen molar-refractivity contribution in [2.75, 3.05) is 6.54 Å². The van der Waals surface area contributed by atoms with Crippen LogP contribution in [0.25, 0.3) is 23.2 Å². The number of H-pyrrole nitrogens is 1. The van der Waals surface area contributed by atoms with Crippen molar-refractivity contribution in [2.24, 2.45) is 5.73 Å². The molecule has 2 atom stereocenters. The molecular formula is C22H23N5O. The summed E-state index contributed by atoms with van der Waals surface area (Å²) < 4.78 is 0. The molecule has 1 aliphatic carbocycles. The molecule has 1 amide bonds. The lowest BCUT2D eigenvalue weighted by molar-refractivity contribution is -0.117. The van der Waals surface area contributed by atoms with E-state index in [9.17, 15) is 4.79 Å². The molecule has 0 aliphatic heterocycles. The average Bonchev–Trinajstić information content (AvgIpc) is 3.15. The van der Waals surface area contributed by atoms with E-state index in [0.717, 1.165) is 23.9 Å². The smallest absolute Gasteiger partial charge is 0.244 e. The summed E-state index contributed by atoms with van der Waals surface area (Å²) in [5, 5.41) is 10.9. The Balaban J connectivity index is 1.41. The maximum absolute atomic E-state index is 12.4. The van der Waals surface area contributed by atoms with Crippen LogP contribution >= 0.6 is 0 Å². The molecule has 28 heavy (non-hydrogen) atoms. The molecule has 6 heteroatoms. The Morgan fingerprint density at radius 3 is 3.11 bits per heavy atom. The third-order valence-corrected chi connectivity index (χ3v) is 5.11. The highest BCUT2D eigenvalue weighted by atomic mass is 16.1. The zero-order valence-corrected chi connectivity index (χ0v) is 15.5. The fourth-order valence-electron chi connectivity index (χ4n) is 3.71. The first-order valence-corrected chi connectivity index (χ1v) is 9.48. The number of pyridine rings is 1. The van der Waals surface area contributed by atoms with Gasteiger partial charge in [-0.3, -0.25) is 9.89 Å². The summed E-state index contributed by atoms with van der Waals surface area (Å²) in [6.07, 6.45) is 11.1. The van der Waals surface area contributed by atoms with Crippen LogP contribution < -0.4 is 11.1 Å².